The van der Waals surface area contributed by atoms with Crippen molar-refractivity contribution in [2.45, 2.75) is 0 Å². The monoisotopic (exact) mass is 606 g/mol. The van der Waals surface area contributed by atoms with Crippen molar-refractivity contribution in [3.63, 3.8) is 0 Å². The van der Waals surface area contributed by atoms with Crippen molar-refractivity contribution in [1.29, 1.82) is 0 Å². The molecule has 3 aromatic carbocycles. The van der Waals surface area contributed by atoms with Crippen molar-refractivity contribution >= 4 is 51.9 Å². The van der Waals surface area contributed by atoms with Gasteiger partial charge in [-0.05, 0) is 72.9 Å². The molecule has 5 rings (SSSR count). The summed E-state index contributed by atoms with van der Waals surface area (Å²) in [6.07, 6.45) is 0. The van der Waals surface area contributed by atoms with Crippen LogP contribution < -0.4 is 20.4 Å². The zero-order valence-electron chi connectivity index (χ0n) is 21.0. The summed E-state index contributed by atoms with van der Waals surface area (Å²) < 4.78 is 74.6. The van der Waals surface area contributed by atoms with E-state index < -0.39 is 40.7 Å². The highest BCUT2D eigenvalue weighted by Crippen LogP contribution is 2.31. The van der Waals surface area contributed by atoms with E-state index in [1.807, 2.05) is 4.90 Å². The molecule has 0 unspecified atom stereocenters. The van der Waals surface area contributed by atoms with Crippen molar-refractivity contribution in [2.75, 3.05) is 41.3 Å². The van der Waals surface area contributed by atoms with E-state index in [-0.39, 0.29) is 37.1 Å². The molecule has 0 saturated carbocycles. The van der Waals surface area contributed by atoms with Gasteiger partial charge in [-0.15, -0.1) is 0 Å². The van der Waals surface area contributed by atoms with Crippen LogP contribution in [-0.4, -0.2) is 37.2 Å². The Kier molecular flexibility index (Phi) is 8.13. The molecule has 1 aliphatic rings. The predicted molar refractivity (Wildman–Crippen MR) is 150 cm³/mol. The van der Waals surface area contributed by atoms with Crippen molar-refractivity contribution in [3.8, 4) is 11.3 Å². The largest absolute Gasteiger partial charge is 0.451 e. The number of piperazine rings is 1. The molecular formula is C28H20ClF5N4O2S. The Balaban J connectivity index is 1.15. The van der Waals surface area contributed by atoms with E-state index in [1.165, 1.54) is 6.07 Å². The molecular weight excluding hydrogens is 587 g/mol. The fraction of sp³-hybridized carbons (Fsp3) is 0.143. The molecule has 6 nitrogen and oxygen atoms in total. The third-order valence-electron chi connectivity index (χ3n) is 6.46. The van der Waals surface area contributed by atoms with Gasteiger partial charge in [-0.1, -0.05) is 11.6 Å². The summed E-state index contributed by atoms with van der Waals surface area (Å²) in [5, 5.41) is 6.08. The first-order valence-corrected chi connectivity index (χ1v) is 13.0. The van der Waals surface area contributed by atoms with Crippen molar-refractivity contribution in [1.82, 2.24) is 5.32 Å². The van der Waals surface area contributed by atoms with E-state index in [2.05, 4.69) is 10.6 Å². The normalized spacial score (nSPS) is 13.3. The number of hydrogen-bond donors (Lipinski definition) is 2. The number of anilines is 3. The lowest BCUT2D eigenvalue weighted by Gasteiger charge is -2.37. The highest BCUT2D eigenvalue weighted by Gasteiger charge is 2.30. The van der Waals surface area contributed by atoms with Crippen LogP contribution in [0.1, 0.15) is 10.6 Å². The molecule has 212 valence electrons. The summed E-state index contributed by atoms with van der Waals surface area (Å²) in [4.78, 5) is 15.6. The van der Waals surface area contributed by atoms with Crippen LogP contribution in [-0.2, 0) is 0 Å². The lowest BCUT2D eigenvalue weighted by atomic mass is 10.2. The minimum Gasteiger partial charge on any atom is -0.451 e. The third kappa shape index (κ3) is 5.98. The molecule has 0 atom stereocenters. The molecule has 0 aliphatic carbocycles. The molecule has 41 heavy (non-hydrogen) atoms. The van der Waals surface area contributed by atoms with Gasteiger partial charge in [0, 0.05) is 48.1 Å². The average molecular weight is 607 g/mol. The van der Waals surface area contributed by atoms with Crippen molar-refractivity contribution < 1.29 is 31.2 Å². The SMILES string of the molecule is O=C(NC(=S)Nc1ccc(N2CCN(c3c(F)c(F)c(F)c(F)c3F)CC2)cc1)c1ccc(-c2ccc(Cl)cc2)o1. The number of halogens is 6. The minimum absolute atomic E-state index is 0.0426. The van der Waals surface area contributed by atoms with Crippen LogP contribution in [0.5, 0.6) is 0 Å². The number of amides is 1. The van der Waals surface area contributed by atoms with Gasteiger partial charge in [0.15, 0.2) is 34.1 Å². The number of carbonyl (C=O) groups is 1. The van der Waals surface area contributed by atoms with Crippen molar-refractivity contribution in [3.05, 3.63) is 101 Å². The Morgan fingerprint density at radius 2 is 1.32 bits per heavy atom. The number of thiocarbonyl (C=S) groups is 1. The molecule has 1 saturated heterocycles. The summed E-state index contributed by atoms with van der Waals surface area (Å²) >= 11 is 11.1. The molecule has 1 fully saturated rings. The Hall–Kier alpha value is -4.16. The summed E-state index contributed by atoms with van der Waals surface area (Å²) in [6.45, 7) is 0.645. The molecule has 0 radical (unpaired) electrons. The van der Waals surface area contributed by atoms with Crippen LogP contribution in [0.4, 0.5) is 39.0 Å². The standard InChI is InChI=1S/C28H20ClF5N4O2S/c29-16-3-1-15(2-4-16)19-9-10-20(40-19)27(39)36-28(41)35-17-5-7-18(8-6-17)37-11-13-38(14-12-37)26-24(33)22(31)21(30)23(32)25(26)34/h1-10H,11-14H2,(H2,35,36,39,41). The zero-order chi connectivity index (χ0) is 29.3. The molecule has 1 amide bonds. The highest BCUT2D eigenvalue weighted by molar-refractivity contribution is 7.80. The van der Waals surface area contributed by atoms with Gasteiger partial charge in [0.25, 0.3) is 5.91 Å². The van der Waals surface area contributed by atoms with Crippen molar-refractivity contribution in [2.24, 2.45) is 0 Å². The first-order chi connectivity index (χ1) is 19.6. The van der Waals surface area contributed by atoms with Gasteiger partial charge in [-0.25, -0.2) is 22.0 Å². The highest BCUT2D eigenvalue weighted by atomic mass is 35.5. The molecule has 0 spiro atoms. The first kappa shape index (κ1) is 28.4. The Labute approximate surface area is 241 Å². The number of benzene rings is 3. The average Bonchev–Trinajstić information content (AvgIpc) is 3.47. The van der Waals surface area contributed by atoms with E-state index in [1.54, 1.807) is 54.6 Å². The Morgan fingerprint density at radius 3 is 1.93 bits per heavy atom. The van der Waals surface area contributed by atoms with Crippen LogP contribution in [0.3, 0.4) is 0 Å². The molecule has 0 bridgehead atoms. The summed E-state index contributed by atoms with van der Waals surface area (Å²) in [5.74, 6) is -9.78. The van der Waals surface area contributed by atoms with E-state index in [0.717, 1.165) is 16.2 Å². The number of hydrogen-bond acceptors (Lipinski definition) is 5. The van der Waals surface area contributed by atoms with Gasteiger partial charge < -0.3 is 19.5 Å². The lowest BCUT2D eigenvalue weighted by molar-refractivity contribution is 0.0951. The lowest BCUT2D eigenvalue weighted by Crippen LogP contribution is -2.47. The van der Waals surface area contributed by atoms with Crippen LogP contribution in [0.15, 0.2) is 65.1 Å². The van der Waals surface area contributed by atoms with Gasteiger partial charge in [0.1, 0.15) is 11.4 Å². The van der Waals surface area contributed by atoms with Gasteiger partial charge in [0.2, 0.25) is 5.82 Å². The van der Waals surface area contributed by atoms with E-state index in [0.29, 0.717) is 16.5 Å². The van der Waals surface area contributed by atoms with Crippen LogP contribution >= 0.6 is 23.8 Å². The Bertz CT molecular complexity index is 1580. The number of furan rings is 1. The third-order valence-corrected chi connectivity index (χ3v) is 6.91. The summed E-state index contributed by atoms with van der Waals surface area (Å²) in [6, 6.07) is 17.1. The quantitative estimate of drug-likeness (QED) is 0.113. The van der Waals surface area contributed by atoms with Gasteiger partial charge in [-0.3, -0.25) is 10.1 Å². The van der Waals surface area contributed by atoms with Crippen LogP contribution in [0.25, 0.3) is 11.3 Å². The number of rotatable bonds is 5. The Morgan fingerprint density at radius 1 is 0.756 bits per heavy atom. The molecule has 13 heteroatoms. The molecule has 1 aromatic heterocycles. The van der Waals surface area contributed by atoms with Gasteiger partial charge in [-0.2, -0.15) is 0 Å². The predicted octanol–water partition coefficient (Wildman–Crippen LogP) is 6.75. The van der Waals surface area contributed by atoms with Crippen LogP contribution in [0.2, 0.25) is 5.02 Å². The second-order valence-corrected chi connectivity index (χ2v) is 9.86. The maximum absolute atomic E-state index is 14.2. The second-order valence-electron chi connectivity index (χ2n) is 9.02. The minimum atomic E-state index is -2.18. The maximum atomic E-state index is 14.2. The summed E-state index contributed by atoms with van der Waals surface area (Å²) in [5.41, 5.74) is 1.19. The molecule has 1 aliphatic heterocycles. The molecule has 2 heterocycles. The van der Waals surface area contributed by atoms with Crippen LogP contribution in [0, 0.1) is 29.1 Å². The number of nitrogens with one attached hydrogen (secondary N) is 2. The zero-order valence-corrected chi connectivity index (χ0v) is 22.6. The molecule has 4 aromatic rings. The summed E-state index contributed by atoms with van der Waals surface area (Å²) in [7, 11) is 0. The fourth-order valence-corrected chi connectivity index (χ4v) is 4.71. The fourth-order valence-electron chi connectivity index (χ4n) is 4.37. The van der Waals surface area contributed by atoms with E-state index in [9.17, 15) is 26.7 Å². The second kappa shape index (κ2) is 11.8. The smallest absolute Gasteiger partial charge is 0.293 e. The van der Waals surface area contributed by atoms with E-state index >= 15 is 0 Å². The van der Waals surface area contributed by atoms with Gasteiger partial charge in [0.05, 0.1) is 0 Å². The van der Waals surface area contributed by atoms with E-state index in [4.69, 9.17) is 28.2 Å². The number of nitrogens with zero attached hydrogens (tertiary/aromatic N) is 2. The maximum Gasteiger partial charge on any atom is 0.293 e. The molecule has 2 N–H and O–H groups in total. The number of carbonyl (C=O) groups excluding carboxylic acids is 1. The first-order valence-electron chi connectivity index (χ1n) is 12.2. The topological polar surface area (TPSA) is 60.8 Å². The van der Waals surface area contributed by atoms with Gasteiger partial charge >= 0.3 is 0 Å².